The Morgan fingerprint density at radius 1 is 1.37 bits per heavy atom. The van der Waals surface area contributed by atoms with Crippen molar-refractivity contribution in [2.45, 2.75) is 13.3 Å². The maximum Gasteiger partial charge on any atom is 0.348 e. The largest absolute Gasteiger partial charge is 0.477 e. The van der Waals surface area contributed by atoms with E-state index < -0.39 is 5.97 Å². The first-order valence-corrected chi connectivity index (χ1v) is 6.96. The zero-order valence-electron chi connectivity index (χ0n) is 10.3. The lowest BCUT2D eigenvalue weighted by Crippen LogP contribution is -1.94. The molecule has 0 saturated heterocycles. The van der Waals surface area contributed by atoms with Gasteiger partial charge in [-0.25, -0.2) is 9.78 Å². The van der Waals surface area contributed by atoms with E-state index in [0.717, 1.165) is 17.0 Å². The summed E-state index contributed by atoms with van der Waals surface area (Å²) in [4.78, 5) is 15.7. The number of halogens is 1. The second-order valence-electron chi connectivity index (χ2n) is 3.87. The van der Waals surface area contributed by atoms with Gasteiger partial charge < -0.3 is 5.11 Å². The van der Waals surface area contributed by atoms with Crippen LogP contribution in [0.25, 0.3) is 12.2 Å². The van der Waals surface area contributed by atoms with Crippen LogP contribution >= 0.6 is 22.9 Å². The highest BCUT2D eigenvalue weighted by atomic mass is 35.5. The molecule has 0 bridgehead atoms. The quantitative estimate of drug-likeness (QED) is 0.918. The fourth-order valence-corrected chi connectivity index (χ4v) is 2.50. The van der Waals surface area contributed by atoms with Crippen molar-refractivity contribution in [2.75, 3.05) is 0 Å². The van der Waals surface area contributed by atoms with Crippen LogP contribution in [0.15, 0.2) is 24.3 Å². The lowest BCUT2D eigenvalue weighted by molar-refractivity contribution is 0.0701. The lowest BCUT2D eigenvalue weighted by atomic mass is 10.2. The predicted molar refractivity (Wildman–Crippen MR) is 78.8 cm³/mol. The Labute approximate surface area is 120 Å². The smallest absolute Gasteiger partial charge is 0.348 e. The fourth-order valence-electron chi connectivity index (χ4n) is 1.54. The molecule has 3 nitrogen and oxygen atoms in total. The minimum absolute atomic E-state index is 0.280. The second-order valence-corrected chi connectivity index (χ2v) is 5.39. The Balaban J connectivity index is 2.29. The van der Waals surface area contributed by atoms with Gasteiger partial charge in [-0.05, 0) is 30.2 Å². The van der Waals surface area contributed by atoms with Crippen molar-refractivity contribution in [3.05, 3.63) is 50.4 Å². The number of aromatic carboxylic acids is 1. The molecule has 0 amide bonds. The number of carboxylic acids is 1. The third-order valence-electron chi connectivity index (χ3n) is 2.50. The molecule has 1 N–H and O–H groups in total. The van der Waals surface area contributed by atoms with Gasteiger partial charge in [0.15, 0.2) is 0 Å². The zero-order valence-corrected chi connectivity index (χ0v) is 11.8. The minimum atomic E-state index is -0.937. The first kappa shape index (κ1) is 13.8. The molecule has 0 fully saturated rings. The Bertz CT molecular complexity index is 617. The first-order chi connectivity index (χ1) is 9.10. The van der Waals surface area contributed by atoms with E-state index in [1.165, 1.54) is 11.3 Å². The predicted octanol–water partition coefficient (Wildman–Crippen LogP) is 4.23. The molecule has 0 aliphatic rings. The molecule has 98 valence electrons. The van der Waals surface area contributed by atoms with Crippen LogP contribution in [0.5, 0.6) is 0 Å². The van der Waals surface area contributed by atoms with Gasteiger partial charge in [0, 0.05) is 5.02 Å². The Hall–Kier alpha value is -1.65. The molecule has 1 aromatic carbocycles. The molecule has 0 atom stereocenters. The van der Waals surface area contributed by atoms with Gasteiger partial charge in [-0.2, -0.15) is 0 Å². The molecule has 0 spiro atoms. The third kappa shape index (κ3) is 3.43. The molecule has 0 unspecified atom stereocenters. The van der Waals surface area contributed by atoms with E-state index in [2.05, 4.69) is 4.98 Å². The molecule has 0 aliphatic carbocycles. The number of hydrogen-bond acceptors (Lipinski definition) is 3. The Morgan fingerprint density at radius 3 is 2.63 bits per heavy atom. The van der Waals surface area contributed by atoms with Crippen molar-refractivity contribution >= 4 is 41.1 Å². The van der Waals surface area contributed by atoms with E-state index in [1.54, 1.807) is 18.2 Å². The average Bonchev–Trinajstić information content (AvgIpc) is 2.81. The summed E-state index contributed by atoms with van der Waals surface area (Å²) in [6.07, 6.45) is 4.29. The number of thiazole rings is 1. The van der Waals surface area contributed by atoms with Crippen LogP contribution in [-0.2, 0) is 6.42 Å². The number of hydrogen-bond donors (Lipinski definition) is 1. The number of aryl methyl sites for hydroxylation is 1. The summed E-state index contributed by atoms with van der Waals surface area (Å²) < 4.78 is 0. The van der Waals surface area contributed by atoms with Gasteiger partial charge in [-0.1, -0.05) is 36.7 Å². The van der Waals surface area contributed by atoms with Crippen molar-refractivity contribution in [2.24, 2.45) is 0 Å². The molecular weight excluding hydrogens is 282 g/mol. The topological polar surface area (TPSA) is 50.2 Å². The highest BCUT2D eigenvalue weighted by Gasteiger charge is 2.14. The van der Waals surface area contributed by atoms with Crippen molar-refractivity contribution in [1.82, 2.24) is 4.98 Å². The highest BCUT2D eigenvalue weighted by molar-refractivity contribution is 7.13. The molecule has 0 aliphatic heterocycles. The maximum atomic E-state index is 11.1. The van der Waals surface area contributed by atoms with Crippen molar-refractivity contribution in [3.8, 4) is 0 Å². The lowest BCUT2D eigenvalue weighted by Gasteiger charge is -1.94. The molecule has 0 radical (unpaired) electrons. The molecule has 0 saturated carbocycles. The van der Waals surface area contributed by atoms with E-state index in [-0.39, 0.29) is 4.88 Å². The maximum absolute atomic E-state index is 11.1. The van der Waals surface area contributed by atoms with Crippen molar-refractivity contribution in [1.29, 1.82) is 0 Å². The van der Waals surface area contributed by atoms with E-state index in [0.29, 0.717) is 10.7 Å². The van der Waals surface area contributed by atoms with Crippen molar-refractivity contribution in [3.63, 3.8) is 0 Å². The SMILES string of the molecule is CCc1nc(/C=C/c2ccc(Cl)cc2)c(C(=O)O)s1. The monoisotopic (exact) mass is 293 g/mol. The second kappa shape index (κ2) is 5.99. The molecule has 2 aromatic rings. The van der Waals surface area contributed by atoms with Gasteiger partial charge in [-0.3, -0.25) is 0 Å². The van der Waals surface area contributed by atoms with Crippen LogP contribution in [-0.4, -0.2) is 16.1 Å². The summed E-state index contributed by atoms with van der Waals surface area (Å²) in [5.41, 5.74) is 1.45. The number of carboxylic acid groups (broad SMARTS) is 1. The average molecular weight is 294 g/mol. The van der Waals surface area contributed by atoms with Gasteiger partial charge in [0.2, 0.25) is 0 Å². The van der Waals surface area contributed by atoms with E-state index in [1.807, 2.05) is 25.1 Å². The number of rotatable bonds is 4. The third-order valence-corrected chi connectivity index (χ3v) is 3.95. The van der Waals surface area contributed by atoms with Crippen LogP contribution < -0.4 is 0 Å². The highest BCUT2D eigenvalue weighted by Crippen LogP contribution is 2.21. The van der Waals surface area contributed by atoms with Gasteiger partial charge in [0.1, 0.15) is 4.88 Å². The Kier molecular flexibility index (Phi) is 4.35. The van der Waals surface area contributed by atoms with Crippen LogP contribution in [0.2, 0.25) is 5.02 Å². The molecule has 1 aromatic heterocycles. The molecular formula is C14H12ClNO2S. The van der Waals surface area contributed by atoms with Gasteiger partial charge >= 0.3 is 5.97 Å². The van der Waals surface area contributed by atoms with Crippen molar-refractivity contribution < 1.29 is 9.90 Å². The van der Waals surface area contributed by atoms with Crippen LogP contribution in [0, 0.1) is 0 Å². The number of carbonyl (C=O) groups is 1. The van der Waals surface area contributed by atoms with E-state index >= 15 is 0 Å². The summed E-state index contributed by atoms with van der Waals surface area (Å²) in [5.74, 6) is -0.937. The number of benzene rings is 1. The van der Waals surface area contributed by atoms with Gasteiger partial charge in [0.05, 0.1) is 10.7 Å². The minimum Gasteiger partial charge on any atom is -0.477 e. The Morgan fingerprint density at radius 2 is 2.05 bits per heavy atom. The number of nitrogens with zero attached hydrogens (tertiary/aromatic N) is 1. The first-order valence-electron chi connectivity index (χ1n) is 5.76. The van der Waals surface area contributed by atoms with Crippen LogP contribution in [0.1, 0.15) is 32.9 Å². The summed E-state index contributed by atoms with van der Waals surface area (Å²) >= 11 is 7.03. The standard InChI is InChI=1S/C14H12ClNO2S/c1-2-12-16-11(13(19-12)14(17)18)8-5-9-3-6-10(15)7-4-9/h3-8H,2H2,1H3,(H,17,18)/b8-5+. The summed E-state index contributed by atoms with van der Waals surface area (Å²) in [5, 5.41) is 10.6. The summed E-state index contributed by atoms with van der Waals surface area (Å²) in [6, 6.07) is 7.31. The van der Waals surface area contributed by atoms with Gasteiger partial charge in [0.25, 0.3) is 0 Å². The molecule has 5 heteroatoms. The summed E-state index contributed by atoms with van der Waals surface area (Å²) in [6.45, 7) is 1.96. The van der Waals surface area contributed by atoms with Gasteiger partial charge in [-0.15, -0.1) is 11.3 Å². The fraction of sp³-hybridized carbons (Fsp3) is 0.143. The van der Waals surface area contributed by atoms with E-state index in [4.69, 9.17) is 16.7 Å². The normalized spacial score (nSPS) is 11.1. The van der Waals surface area contributed by atoms with E-state index in [9.17, 15) is 4.79 Å². The zero-order chi connectivity index (χ0) is 13.8. The summed E-state index contributed by atoms with van der Waals surface area (Å²) in [7, 11) is 0. The molecule has 19 heavy (non-hydrogen) atoms. The number of aromatic nitrogens is 1. The molecule has 1 heterocycles. The van der Waals surface area contributed by atoms with Crippen LogP contribution in [0.3, 0.4) is 0 Å². The van der Waals surface area contributed by atoms with Crippen LogP contribution in [0.4, 0.5) is 0 Å². The molecule has 2 rings (SSSR count).